The summed E-state index contributed by atoms with van der Waals surface area (Å²) in [4.78, 5) is 11.8. The monoisotopic (exact) mass is 226 g/mol. The van der Waals surface area contributed by atoms with Crippen molar-refractivity contribution >= 4 is 5.91 Å². The lowest BCUT2D eigenvalue weighted by molar-refractivity contribution is -0.132. The molecule has 3 N–H and O–H groups in total. The van der Waals surface area contributed by atoms with Gasteiger partial charge in [-0.15, -0.1) is 0 Å². The third kappa shape index (κ3) is 2.55. The quantitative estimate of drug-likeness (QED) is 0.728. The van der Waals surface area contributed by atoms with Crippen molar-refractivity contribution in [2.45, 2.75) is 51.2 Å². The van der Waals surface area contributed by atoms with Crippen LogP contribution in [-0.4, -0.2) is 31.2 Å². The van der Waals surface area contributed by atoms with Crippen LogP contribution in [0.5, 0.6) is 0 Å². The molecule has 0 unspecified atom stereocenters. The lowest BCUT2D eigenvalue weighted by atomic mass is 10.0. The number of amides is 1. The van der Waals surface area contributed by atoms with Crippen LogP contribution in [0, 0.1) is 5.41 Å². The molecule has 92 valence electrons. The molecule has 2 aliphatic rings. The van der Waals surface area contributed by atoms with E-state index in [9.17, 15) is 4.79 Å². The van der Waals surface area contributed by atoms with Gasteiger partial charge in [0.2, 0.25) is 5.91 Å². The van der Waals surface area contributed by atoms with Crippen molar-refractivity contribution < 1.29 is 9.53 Å². The Morgan fingerprint density at radius 3 is 2.75 bits per heavy atom. The van der Waals surface area contributed by atoms with E-state index < -0.39 is 0 Å². The SMILES string of the molecule is CCC1(CNC(=O)[C@@H]2CC[C@H](CN)O2)CC1. The maximum Gasteiger partial charge on any atom is 0.249 e. The Morgan fingerprint density at radius 1 is 1.50 bits per heavy atom. The predicted molar refractivity (Wildman–Crippen MR) is 61.9 cm³/mol. The van der Waals surface area contributed by atoms with E-state index in [1.165, 1.54) is 12.8 Å². The molecular weight excluding hydrogens is 204 g/mol. The first kappa shape index (κ1) is 11.9. The molecule has 1 saturated heterocycles. The van der Waals surface area contributed by atoms with Crippen LogP contribution in [0.4, 0.5) is 0 Å². The number of rotatable bonds is 5. The minimum absolute atomic E-state index is 0.0516. The molecule has 1 amide bonds. The molecule has 0 aromatic carbocycles. The molecule has 2 atom stereocenters. The fraction of sp³-hybridized carbons (Fsp3) is 0.917. The van der Waals surface area contributed by atoms with E-state index >= 15 is 0 Å². The van der Waals surface area contributed by atoms with Crippen molar-refractivity contribution in [3.8, 4) is 0 Å². The van der Waals surface area contributed by atoms with Crippen LogP contribution in [0.2, 0.25) is 0 Å². The molecule has 2 rings (SSSR count). The van der Waals surface area contributed by atoms with Crippen LogP contribution >= 0.6 is 0 Å². The van der Waals surface area contributed by atoms with Crippen molar-refractivity contribution in [1.29, 1.82) is 0 Å². The van der Waals surface area contributed by atoms with Crippen LogP contribution < -0.4 is 11.1 Å². The molecule has 1 aliphatic heterocycles. The van der Waals surface area contributed by atoms with E-state index in [1.54, 1.807) is 0 Å². The first-order valence-electron chi connectivity index (χ1n) is 6.32. The van der Waals surface area contributed by atoms with Crippen LogP contribution in [0.3, 0.4) is 0 Å². The number of ether oxygens (including phenoxy) is 1. The molecule has 4 heteroatoms. The maximum atomic E-state index is 11.8. The molecule has 0 radical (unpaired) electrons. The predicted octanol–water partition coefficient (Wildman–Crippen LogP) is 0.799. The van der Waals surface area contributed by atoms with E-state index in [1.807, 2.05) is 0 Å². The molecule has 0 spiro atoms. The topological polar surface area (TPSA) is 64.4 Å². The van der Waals surface area contributed by atoms with Gasteiger partial charge in [-0.25, -0.2) is 0 Å². The van der Waals surface area contributed by atoms with Gasteiger partial charge in [-0.05, 0) is 37.5 Å². The summed E-state index contributed by atoms with van der Waals surface area (Å²) in [6, 6.07) is 0. The van der Waals surface area contributed by atoms with Gasteiger partial charge in [0.05, 0.1) is 6.10 Å². The second kappa shape index (κ2) is 4.72. The molecule has 2 fully saturated rings. The Bertz CT molecular complexity index is 264. The fourth-order valence-corrected chi connectivity index (χ4v) is 2.29. The lowest BCUT2D eigenvalue weighted by Gasteiger charge is -2.16. The number of nitrogens with one attached hydrogen (secondary N) is 1. The van der Waals surface area contributed by atoms with Crippen LogP contribution in [0.1, 0.15) is 39.0 Å². The molecule has 1 aliphatic carbocycles. The van der Waals surface area contributed by atoms with Gasteiger partial charge in [-0.3, -0.25) is 4.79 Å². The summed E-state index contributed by atoms with van der Waals surface area (Å²) < 4.78 is 5.55. The zero-order valence-electron chi connectivity index (χ0n) is 10.00. The molecule has 0 aromatic rings. The second-order valence-corrected chi connectivity index (χ2v) is 5.13. The Morgan fingerprint density at radius 2 is 2.25 bits per heavy atom. The van der Waals surface area contributed by atoms with Gasteiger partial charge in [-0.2, -0.15) is 0 Å². The molecule has 4 nitrogen and oxygen atoms in total. The standard InChI is InChI=1S/C12H22N2O2/c1-2-12(5-6-12)8-14-11(15)10-4-3-9(7-13)16-10/h9-10H,2-8,13H2,1H3,(H,14,15)/t9-,10+/m1/s1. The zero-order chi connectivity index (χ0) is 11.6. The summed E-state index contributed by atoms with van der Waals surface area (Å²) in [5.41, 5.74) is 5.92. The zero-order valence-corrected chi connectivity index (χ0v) is 10.00. The van der Waals surface area contributed by atoms with Crippen LogP contribution in [0.25, 0.3) is 0 Å². The number of hydrogen-bond donors (Lipinski definition) is 2. The molecule has 16 heavy (non-hydrogen) atoms. The van der Waals surface area contributed by atoms with Crippen molar-refractivity contribution in [2.75, 3.05) is 13.1 Å². The van der Waals surface area contributed by atoms with E-state index in [0.29, 0.717) is 12.0 Å². The van der Waals surface area contributed by atoms with Gasteiger partial charge >= 0.3 is 0 Å². The highest BCUT2D eigenvalue weighted by molar-refractivity contribution is 5.81. The third-order valence-corrected chi connectivity index (χ3v) is 4.01. The second-order valence-electron chi connectivity index (χ2n) is 5.13. The summed E-state index contributed by atoms with van der Waals surface area (Å²) >= 11 is 0. The minimum atomic E-state index is -0.263. The third-order valence-electron chi connectivity index (χ3n) is 4.01. The Kier molecular flexibility index (Phi) is 3.50. The molecular formula is C12H22N2O2. The Balaban J connectivity index is 1.72. The normalized spacial score (nSPS) is 31.4. The average molecular weight is 226 g/mol. The molecule has 0 aromatic heterocycles. The summed E-state index contributed by atoms with van der Waals surface area (Å²) in [7, 11) is 0. The highest BCUT2D eigenvalue weighted by Gasteiger charge is 2.41. The Hall–Kier alpha value is -0.610. The van der Waals surface area contributed by atoms with Gasteiger partial charge in [-0.1, -0.05) is 6.92 Å². The summed E-state index contributed by atoms with van der Waals surface area (Å²) in [5, 5.41) is 3.02. The summed E-state index contributed by atoms with van der Waals surface area (Å²) in [6.45, 7) is 3.52. The van der Waals surface area contributed by atoms with Crippen molar-refractivity contribution in [3.05, 3.63) is 0 Å². The number of carbonyl (C=O) groups excluding carboxylic acids is 1. The average Bonchev–Trinajstić information content (AvgIpc) is 2.94. The smallest absolute Gasteiger partial charge is 0.249 e. The van der Waals surface area contributed by atoms with Crippen molar-refractivity contribution in [1.82, 2.24) is 5.32 Å². The van der Waals surface area contributed by atoms with Gasteiger partial charge < -0.3 is 15.8 Å². The Labute approximate surface area is 96.9 Å². The lowest BCUT2D eigenvalue weighted by Crippen LogP contribution is -2.38. The van der Waals surface area contributed by atoms with E-state index in [2.05, 4.69) is 12.2 Å². The van der Waals surface area contributed by atoms with Gasteiger partial charge in [0, 0.05) is 13.1 Å². The molecule has 1 saturated carbocycles. The van der Waals surface area contributed by atoms with Gasteiger partial charge in [0.25, 0.3) is 0 Å². The van der Waals surface area contributed by atoms with Crippen molar-refractivity contribution in [2.24, 2.45) is 11.1 Å². The van der Waals surface area contributed by atoms with Crippen LogP contribution in [0.15, 0.2) is 0 Å². The molecule has 0 bridgehead atoms. The summed E-state index contributed by atoms with van der Waals surface area (Å²) in [6.07, 6.45) is 5.20. The number of hydrogen-bond acceptors (Lipinski definition) is 3. The first-order valence-corrected chi connectivity index (χ1v) is 6.32. The van der Waals surface area contributed by atoms with Gasteiger partial charge in [0.1, 0.15) is 6.10 Å². The highest BCUT2D eigenvalue weighted by atomic mass is 16.5. The fourth-order valence-electron chi connectivity index (χ4n) is 2.29. The van der Waals surface area contributed by atoms with E-state index in [-0.39, 0.29) is 18.1 Å². The van der Waals surface area contributed by atoms with Crippen molar-refractivity contribution in [3.63, 3.8) is 0 Å². The first-order chi connectivity index (χ1) is 7.69. The number of carbonyl (C=O) groups is 1. The van der Waals surface area contributed by atoms with Gasteiger partial charge in [0.15, 0.2) is 0 Å². The maximum absolute atomic E-state index is 11.8. The largest absolute Gasteiger partial charge is 0.364 e. The highest BCUT2D eigenvalue weighted by Crippen LogP contribution is 2.47. The van der Waals surface area contributed by atoms with E-state index in [0.717, 1.165) is 25.8 Å². The number of nitrogens with two attached hydrogens (primary N) is 1. The molecule has 1 heterocycles. The van der Waals surface area contributed by atoms with Crippen LogP contribution in [-0.2, 0) is 9.53 Å². The minimum Gasteiger partial charge on any atom is -0.364 e. The van der Waals surface area contributed by atoms with E-state index in [4.69, 9.17) is 10.5 Å². The summed E-state index contributed by atoms with van der Waals surface area (Å²) in [5.74, 6) is 0.0516.